The van der Waals surface area contributed by atoms with Crippen molar-refractivity contribution in [2.24, 2.45) is 5.73 Å². The van der Waals surface area contributed by atoms with E-state index >= 15 is 0 Å². The van der Waals surface area contributed by atoms with Gasteiger partial charge in [0.1, 0.15) is 0 Å². The molecular weight excluding hydrogens is 458 g/mol. The summed E-state index contributed by atoms with van der Waals surface area (Å²) >= 11 is 0. The lowest BCUT2D eigenvalue weighted by molar-refractivity contribution is -0.270. The first-order valence-corrected chi connectivity index (χ1v) is 7.45. The van der Waals surface area contributed by atoms with E-state index in [0.29, 0.717) is 0 Å². The minimum Gasteiger partial charge on any atom is -0.424 e. The lowest BCUT2D eigenvalue weighted by Crippen LogP contribution is -2.37. The topological polar surface area (TPSA) is 53.7 Å². The second-order valence-corrected chi connectivity index (χ2v) is 5.35. The van der Waals surface area contributed by atoms with E-state index in [1.54, 1.807) is 0 Å². The van der Waals surface area contributed by atoms with E-state index in [1.165, 1.54) is 0 Å². The molecule has 1 aromatic rings. The van der Waals surface area contributed by atoms with E-state index in [2.05, 4.69) is 14.2 Å². The molecule has 30 heavy (non-hydrogen) atoms. The summed E-state index contributed by atoms with van der Waals surface area (Å²) in [6, 6.07) is 0.487. The standard InChI is InChI=1S/C14H11F12NO3/c15-9(16)12(21,22)28-6-3-5(1-2-27)4-7(29-13(23,24)10(17)18)8(6)30-14(25,26)11(19)20/h3-4,9-11H,1-2,27H2. The van der Waals surface area contributed by atoms with Crippen molar-refractivity contribution in [1.29, 1.82) is 0 Å². The van der Waals surface area contributed by atoms with Crippen molar-refractivity contribution in [2.45, 2.75) is 44.0 Å². The van der Waals surface area contributed by atoms with Gasteiger partial charge in [0, 0.05) is 0 Å². The third kappa shape index (κ3) is 6.37. The van der Waals surface area contributed by atoms with Gasteiger partial charge in [-0.3, -0.25) is 0 Å². The van der Waals surface area contributed by atoms with E-state index in [0.717, 1.165) is 0 Å². The Hall–Kier alpha value is -2.26. The fraction of sp³-hybridized carbons (Fsp3) is 0.571. The smallest absolute Gasteiger partial charge is 0.424 e. The van der Waals surface area contributed by atoms with Crippen LogP contribution in [0, 0.1) is 0 Å². The van der Waals surface area contributed by atoms with Gasteiger partial charge in [-0.2, -0.15) is 52.7 Å². The van der Waals surface area contributed by atoms with Crippen molar-refractivity contribution in [1.82, 2.24) is 0 Å². The zero-order chi connectivity index (χ0) is 23.5. The molecule has 0 aliphatic heterocycles. The molecule has 2 N–H and O–H groups in total. The predicted octanol–water partition coefficient (Wildman–Crippen LogP) is 4.90. The van der Waals surface area contributed by atoms with E-state index in [9.17, 15) is 52.7 Å². The number of alkyl halides is 12. The Bertz CT molecular complexity index is 670. The van der Waals surface area contributed by atoms with Gasteiger partial charge < -0.3 is 19.9 Å². The van der Waals surface area contributed by atoms with E-state index in [4.69, 9.17) is 5.73 Å². The van der Waals surface area contributed by atoms with Gasteiger partial charge in [0.15, 0.2) is 11.5 Å². The van der Waals surface area contributed by atoms with E-state index in [-0.39, 0.29) is 18.7 Å². The summed E-state index contributed by atoms with van der Waals surface area (Å²) in [6.07, 6.45) is -30.8. The van der Waals surface area contributed by atoms with Crippen LogP contribution in [0.5, 0.6) is 17.2 Å². The molecule has 0 unspecified atom stereocenters. The number of benzene rings is 1. The maximum atomic E-state index is 13.2. The highest BCUT2D eigenvalue weighted by molar-refractivity contribution is 5.54. The fourth-order valence-electron chi connectivity index (χ4n) is 1.76. The third-order valence-electron chi connectivity index (χ3n) is 3.01. The molecule has 1 rings (SSSR count). The van der Waals surface area contributed by atoms with Crippen molar-refractivity contribution < 1.29 is 66.9 Å². The van der Waals surface area contributed by atoms with Crippen LogP contribution in [0.2, 0.25) is 0 Å². The Kier molecular flexibility index (Phi) is 7.96. The quantitative estimate of drug-likeness (QED) is 0.469. The van der Waals surface area contributed by atoms with E-state index < -0.39 is 66.8 Å². The number of halogens is 12. The number of nitrogens with two attached hydrogens (primary N) is 1. The van der Waals surface area contributed by atoms with Gasteiger partial charge in [-0.1, -0.05) is 0 Å². The van der Waals surface area contributed by atoms with Crippen LogP contribution in [0.25, 0.3) is 0 Å². The van der Waals surface area contributed by atoms with Crippen LogP contribution in [0.4, 0.5) is 52.7 Å². The lowest BCUT2D eigenvalue weighted by Gasteiger charge is -2.26. The SMILES string of the molecule is NCCc1cc(OC(F)(F)C(F)F)c(OC(F)(F)C(F)F)c(OC(F)(F)C(F)F)c1. The minimum atomic E-state index is -5.58. The summed E-state index contributed by atoms with van der Waals surface area (Å²) in [4.78, 5) is 0. The fourth-order valence-corrected chi connectivity index (χ4v) is 1.76. The Morgan fingerprint density at radius 3 is 1.30 bits per heavy atom. The lowest BCUT2D eigenvalue weighted by atomic mass is 10.1. The van der Waals surface area contributed by atoms with Crippen LogP contribution in [0.15, 0.2) is 12.1 Å². The second kappa shape index (κ2) is 9.26. The Labute approximate surface area is 159 Å². The van der Waals surface area contributed by atoms with Crippen LogP contribution in [0.3, 0.4) is 0 Å². The van der Waals surface area contributed by atoms with Gasteiger partial charge >= 0.3 is 37.6 Å². The molecule has 4 nitrogen and oxygen atoms in total. The monoisotopic (exact) mass is 469 g/mol. The van der Waals surface area contributed by atoms with Crippen molar-refractivity contribution in [3.63, 3.8) is 0 Å². The summed E-state index contributed by atoms with van der Waals surface area (Å²) in [5.74, 6) is -5.97. The summed E-state index contributed by atoms with van der Waals surface area (Å²) in [5, 5.41) is 0. The highest BCUT2D eigenvalue weighted by Gasteiger charge is 2.50. The number of rotatable bonds is 11. The van der Waals surface area contributed by atoms with Crippen molar-refractivity contribution in [3.8, 4) is 17.2 Å². The molecule has 0 saturated carbocycles. The zero-order valence-electron chi connectivity index (χ0n) is 14.1. The molecule has 0 atom stereocenters. The molecule has 0 aliphatic carbocycles. The summed E-state index contributed by atoms with van der Waals surface area (Å²) in [6.45, 7) is -0.372. The average molecular weight is 469 g/mol. The summed E-state index contributed by atoms with van der Waals surface area (Å²) in [7, 11) is 0. The summed E-state index contributed by atoms with van der Waals surface area (Å²) < 4.78 is 164. The molecule has 174 valence electrons. The number of ether oxygens (including phenoxy) is 3. The molecule has 0 radical (unpaired) electrons. The number of hydrogen-bond donors (Lipinski definition) is 1. The molecule has 0 heterocycles. The van der Waals surface area contributed by atoms with Crippen molar-refractivity contribution >= 4 is 0 Å². The second-order valence-electron chi connectivity index (χ2n) is 5.35. The molecule has 0 aromatic heterocycles. The van der Waals surface area contributed by atoms with Crippen molar-refractivity contribution in [2.75, 3.05) is 6.54 Å². The molecule has 0 amide bonds. The predicted molar refractivity (Wildman–Crippen MR) is 73.9 cm³/mol. The average Bonchev–Trinajstić information content (AvgIpc) is 2.57. The summed E-state index contributed by atoms with van der Waals surface area (Å²) in [5.41, 5.74) is 4.63. The maximum absolute atomic E-state index is 13.2. The minimum absolute atomic E-state index is 0.243. The molecule has 0 fully saturated rings. The van der Waals surface area contributed by atoms with Gasteiger partial charge in [-0.15, -0.1) is 0 Å². The Morgan fingerprint density at radius 2 is 1.00 bits per heavy atom. The molecule has 1 aromatic carbocycles. The Balaban J connectivity index is 3.68. The van der Waals surface area contributed by atoms with Crippen LogP contribution < -0.4 is 19.9 Å². The first kappa shape index (κ1) is 25.8. The first-order valence-electron chi connectivity index (χ1n) is 7.45. The molecule has 0 spiro atoms. The highest BCUT2D eigenvalue weighted by Crippen LogP contribution is 2.47. The highest BCUT2D eigenvalue weighted by atomic mass is 19.3. The largest absolute Gasteiger partial charge is 0.461 e. The number of hydrogen-bond acceptors (Lipinski definition) is 4. The van der Waals surface area contributed by atoms with Crippen LogP contribution in [0.1, 0.15) is 5.56 Å². The van der Waals surface area contributed by atoms with Gasteiger partial charge in [-0.25, -0.2) is 0 Å². The molecule has 0 bridgehead atoms. The molecule has 0 saturated heterocycles. The van der Waals surface area contributed by atoms with Crippen molar-refractivity contribution in [3.05, 3.63) is 17.7 Å². The van der Waals surface area contributed by atoms with Crippen LogP contribution in [-0.2, 0) is 6.42 Å². The first-order chi connectivity index (χ1) is 13.5. The third-order valence-corrected chi connectivity index (χ3v) is 3.01. The van der Waals surface area contributed by atoms with Gasteiger partial charge in [-0.05, 0) is 30.7 Å². The van der Waals surface area contributed by atoms with Gasteiger partial charge in [0.05, 0.1) is 0 Å². The van der Waals surface area contributed by atoms with Gasteiger partial charge in [0.25, 0.3) is 0 Å². The van der Waals surface area contributed by atoms with Gasteiger partial charge in [0.2, 0.25) is 5.75 Å². The Morgan fingerprint density at radius 1 is 0.667 bits per heavy atom. The molecule has 16 heteroatoms. The zero-order valence-corrected chi connectivity index (χ0v) is 14.1. The van der Waals surface area contributed by atoms with Crippen LogP contribution in [-0.4, -0.2) is 44.1 Å². The maximum Gasteiger partial charge on any atom is 0.461 e. The molecular formula is C14H11F12NO3. The normalized spacial score (nSPS) is 13.3. The molecule has 0 aliphatic rings. The van der Waals surface area contributed by atoms with Crippen LogP contribution >= 0.6 is 0 Å². The van der Waals surface area contributed by atoms with E-state index in [1.807, 2.05) is 0 Å².